The zero-order valence-corrected chi connectivity index (χ0v) is 31.7. The Hall–Kier alpha value is -3.41. The molecule has 0 saturated carbocycles. The molecule has 1 unspecified atom stereocenters. The summed E-state index contributed by atoms with van der Waals surface area (Å²) in [5.41, 5.74) is 8.38. The highest BCUT2D eigenvalue weighted by Crippen LogP contribution is 2.34. The molecule has 5 heteroatoms. The van der Waals surface area contributed by atoms with Crippen molar-refractivity contribution in [2.45, 2.75) is 118 Å². The number of rotatable bonds is 24. The van der Waals surface area contributed by atoms with Gasteiger partial charge in [-0.05, 0) is 109 Å². The fourth-order valence-corrected chi connectivity index (χ4v) is 6.76. The lowest BCUT2D eigenvalue weighted by molar-refractivity contribution is -0.139. The average Bonchev–Trinajstić information content (AvgIpc) is 3.13. The van der Waals surface area contributed by atoms with Crippen molar-refractivity contribution in [3.63, 3.8) is 0 Å². The molecule has 0 heterocycles. The number of ether oxygens (including phenoxy) is 2. The van der Waals surface area contributed by atoms with E-state index < -0.39 is 5.41 Å². The standard InChI is InChI=1S/C45H64O5/c1-7-10-11-26-45(32-46,33-47)27-29-49-43-25-23-40(31-41(43)17-13-28-50-44(48)34(4)5)42-24-22-39(30-37(42)9-3)38-20-18-36(19-21-38)16-12-15-35(6)14-8-2/h18-25,30-31,35,46-47H,4,7-17,26-29,32-33H2,1-3,5-6H3. The lowest BCUT2D eigenvalue weighted by Gasteiger charge is -2.30. The molecule has 0 bridgehead atoms. The van der Waals surface area contributed by atoms with E-state index in [0.29, 0.717) is 38.0 Å². The number of hydrogen-bond acceptors (Lipinski definition) is 5. The van der Waals surface area contributed by atoms with E-state index in [-0.39, 0.29) is 19.2 Å². The first-order valence-electron chi connectivity index (χ1n) is 19.2. The molecule has 0 fully saturated rings. The molecule has 0 saturated heterocycles. The molecule has 3 aromatic rings. The first kappa shape index (κ1) is 41.0. The number of aliphatic hydroxyl groups excluding tert-OH is 2. The van der Waals surface area contributed by atoms with E-state index in [4.69, 9.17) is 9.47 Å². The molecule has 0 spiro atoms. The van der Waals surface area contributed by atoms with Crippen molar-refractivity contribution in [2.75, 3.05) is 26.4 Å². The molecular weight excluding hydrogens is 620 g/mol. The number of aryl methyl sites for hydroxylation is 3. The quantitative estimate of drug-likeness (QED) is 0.0558. The third kappa shape index (κ3) is 12.7. The maximum Gasteiger partial charge on any atom is 0.333 e. The van der Waals surface area contributed by atoms with E-state index in [1.165, 1.54) is 53.5 Å². The second-order valence-electron chi connectivity index (χ2n) is 14.4. The van der Waals surface area contributed by atoms with E-state index in [9.17, 15) is 15.0 Å². The van der Waals surface area contributed by atoms with Gasteiger partial charge in [0.2, 0.25) is 0 Å². The Kier molecular flexibility index (Phi) is 17.8. The summed E-state index contributed by atoms with van der Waals surface area (Å²) >= 11 is 0. The van der Waals surface area contributed by atoms with Crippen LogP contribution in [-0.4, -0.2) is 42.6 Å². The molecule has 0 amide bonds. The molecule has 50 heavy (non-hydrogen) atoms. The highest BCUT2D eigenvalue weighted by Gasteiger charge is 2.28. The van der Waals surface area contributed by atoms with Gasteiger partial charge in [-0.15, -0.1) is 0 Å². The molecule has 274 valence electrons. The number of unbranched alkanes of at least 4 members (excludes halogenated alkanes) is 2. The molecule has 0 aromatic heterocycles. The van der Waals surface area contributed by atoms with Gasteiger partial charge in [0.25, 0.3) is 0 Å². The average molecular weight is 685 g/mol. The minimum atomic E-state index is -0.545. The number of hydrogen-bond donors (Lipinski definition) is 2. The summed E-state index contributed by atoms with van der Waals surface area (Å²) in [4.78, 5) is 12.0. The smallest absolute Gasteiger partial charge is 0.333 e. The van der Waals surface area contributed by atoms with Gasteiger partial charge in [-0.25, -0.2) is 4.79 Å². The van der Waals surface area contributed by atoms with Gasteiger partial charge in [0, 0.05) is 11.0 Å². The second kappa shape index (κ2) is 21.7. The SMILES string of the molecule is C=C(C)C(=O)OCCCc1cc(-c2ccc(-c3ccc(CCCC(C)CCC)cc3)cc2CC)ccc1OCCC(CO)(CO)CCCCC. The van der Waals surface area contributed by atoms with Crippen molar-refractivity contribution in [1.29, 1.82) is 0 Å². The fraction of sp³-hybridized carbons (Fsp3) is 0.533. The van der Waals surface area contributed by atoms with Crippen LogP contribution in [-0.2, 0) is 28.8 Å². The van der Waals surface area contributed by atoms with Crippen LogP contribution in [0.1, 0.15) is 116 Å². The molecule has 5 nitrogen and oxygen atoms in total. The third-order valence-electron chi connectivity index (χ3n) is 10.1. The lowest BCUT2D eigenvalue weighted by Crippen LogP contribution is -2.32. The molecule has 0 radical (unpaired) electrons. The van der Waals surface area contributed by atoms with Crippen LogP contribution in [0, 0.1) is 11.3 Å². The number of carbonyl (C=O) groups is 1. The largest absolute Gasteiger partial charge is 0.493 e. The first-order valence-corrected chi connectivity index (χ1v) is 19.2. The molecule has 0 aliphatic rings. The molecule has 3 rings (SSSR count). The Morgan fingerprint density at radius 2 is 1.46 bits per heavy atom. The van der Waals surface area contributed by atoms with Crippen molar-refractivity contribution in [3.05, 3.63) is 89.5 Å². The van der Waals surface area contributed by atoms with Gasteiger partial charge < -0.3 is 19.7 Å². The van der Waals surface area contributed by atoms with Crippen molar-refractivity contribution in [2.24, 2.45) is 11.3 Å². The highest BCUT2D eigenvalue weighted by atomic mass is 16.5. The normalized spacial score (nSPS) is 12.1. The topological polar surface area (TPSA) is 76.0 Å². The van der Waals surface area contributed by atoms with Gasteiger partial charge in [0.1, 0.15) is 5.75 Å². The third-order valence-corrected chi connectivity index (χ3v) is 10.1. The van der Waals surface area contributed by atoms with Crippen molar-refractivity contribution in [3.8, 4) is 28.0 Å². The van der Waals surface area contributed by atoms with E-state index in [2.05, 4.69) is 88.9 Å². The van der Waals surface area contributed by atoms with Gasteiger partial charge in [0.15, 0.2) is 0 Å². The van der Waals surface area contributed by atoms with E-state index in [1.54, 1.807) is 6.92 Å². The van der Waals surface area contributed by atoms with Crippen LogP contribution in [0.4, 0.5) is 0 Å². The molecule has 2 N–H and O–H groups in total. The van der Waals surface area contributed by atoms with Crippen LogP contribution in [0.2, 0.25) is 0 Å². The van der Waals surface area contributed by atoms with E-state index in [1.807, 2.05) is 6.07 Å². The van der Waals surface area contributed by atoms with E-state index >= 15 is 0 Å². The van der Waals surface area contributed by atoms with Crippen LogP contribution >= 0.6 is 0 Å². The Bertz CT molecular complexity index is 1450. The maximum absolute atomic E-state index is 12.0. The number of carbonyl (C=O) groups excluding carboxylic acids is 1. The summed E-state index contributed by atoms with van der Waals surface area (Å²) in [6.07, 6.45) is 13.0. The number of aliphatic hydroxyl groups is 2. The van der Waals surface area contributed by atoms with Crippen LogP contribution in [0.15, 0.2) is 72.8 Å². The number of benzene rings is 3. The van der Waals surface area contributed by atoms with Crippen molar-refractivity contribution >= 4 is 5.97 Å². The summed E-state index contributed by atoms with van der Waals surface area (Å²) in [7, 11) is 0. The van der Waals surface area contributed by atoms with Gasteiger partial charge in [0.05, 0.1) is 26.4 Å². The Morgan fingerprint density at radius 3 is 2.12 bits per heavy atom. The van der Waals surface area contributed by atoms with Crippen LogP contribution in [0.5, 0.6) is 5.75 Å². The lowest BCUT2D eigenvalue weighted by atomic mass is 9.81. The number of esters is 1. The van der Waals surface area contributed by atoms with Gasteiger partial charge in [-0.1, -0.05) is 121 Å². The highest BCUT2D eigenvalue weighted by molar-refractivity contribution is 5.86. The summed E-state index contributed by atoms with van der Waals surface area (Å²) in [6, 6.07) is 22.2. The van der Waals surface area contributed by atoms with Crippen molar-refractivity contribution < 1.29 is 24.5 Å². The van der Waals surface area contributed by atoms with Gasteiger partial charge >= 0.3 is 5.97 Å². The second-order valence-corrected chi connectivity index (χ2v) is 14.4. The van der Waals surface area contributed by atoms with Crippen molar-refractivity contribution in [1.82, 2.24) is 0 Å². The molecule has 1 atom stereocenters. The maximum atomic E-state index is 12.0. The summed E-state index contributed by atoms with van der Waals surface area (Å²) in [5.74, 6) is 1.22. The van der Waals surface area contributed by atoms with Gasteiger partial charge in [-0.2, -0.15) is 0 Å². The molecule has 3 aromatic carbocycles. The molecule has 0 aliphatic carbocycles. The van der Waals surface area contributed by atoms with Crippen LogP contribution < -0.4 is 4.74 Å². The fourth-order valence-electron chi connectivity index (χ4n) is 6.76. The Labute approximate surface area is 303 Å². The minimum absolute atomic E-state index is 0.0607. The summed E-state index contributed by atoms with van der Waals surface area (Å²) < 4.78 is 11.7. The first-order chi connectivity index (χ1) is 24.2. The van der Waals surface area contributed by atoms with E-state index in [0.717, 1.165) is 61.3 Å². The van der Waals surface area contributed by atoms with Crippen LogP contribution in [0.3, 0.4) is 0 Å². The molecular formula is C45H64O5. The zero-order valence-electron chi connectivity index (χ0n) is 31.7. The minimum Gasteiger partial charge on any atom is -0.493 e. The predicted octanol–water partition coefficient (Wildman–Crippen LogP) is 10.7. The van der Waals surface area contributed by atoms with Gasteiger partial charge in [-0.3, -0.25) is 0 Å². The summed E-state index contributed by atoms with van der Waals surface area (Å²) in [5, 5.41) is 20.3. The Morgan fingerprint density at radius 1 is 0.760 bits per heavy atom. The molecule has 0 aliphatic heterocycles. The predicted molar refractivity (Wildman–Crippen MR) is 209 cm³/mol. The monoisotopic (exact) mass is 684 g/mol. The summed E-state index contributed by atoms with van der Waals surface area (Å²) in [6.45, 7) is 14.9. The van der Waals surface area contributed by atoms with Crippen LogP contribution in [0.25, 0.3) is 22.3 Å². The Balaban J connectivity index is 1.79. The zero-order chi connectivity index (χ0) is 36.4.